The first-order valence-corrected chi connectivity index (χ1v) is 8.91. The van der Waals surface area contributed by atoms with Crippen LogP contribution in [-0.2, 0) is 6.54 Å². The zero-order chi connectivity index (χ0) is 15.4. The van der Waals surface area contributed by atoms with Crippen molar-refractivity contribution in [3.8, 4) is 0 Å². The fraction of sp³-hybridized carbons (Fsp3) is 0.684. The molecule has 2 fully saturated rings. The van der Waals surface area contributed by atoms with Gasteiger partial charge in [0.15, 0.2) is 0 Å². The van der Waals surface area contributed by atoms with E-state index in [0.29, 0.717) is 0 Å². The van der Waals surface area contributed by atoms with Gasteiger partial charge in [0.1, 0.15) is 0 Å². The summed E-state index contributed by atoms with van der Waals surface area (Å²) in [6.07, 6.45) is 4.19. The van der Waals surface area contributed by atoms with Crippen LogP contribution >= 0.6 is 0 Å². The van der Waals surface area contributed by atoms with Crippen molar-refractivity contribution in [2.75, 3.05) is 46.3 Å². The molecule has 1 aromatic rings. The maximum absolute atomic E-state index is 2.68. The molecule has 1 aromatic carbocycles. The first kappa shape index (κ1) is 16.0. The van der Waals surface area contributed by atoms with E-state index >= 15 is 0 Å². The van der Waals surface area contributed by atoms with Gasteiger partial charge in [-0.1, -0.05) is 36.2 Å². The Kier molecular flexibility index (Phi) is 5.51. The normalized spacial score (nSPS) is 25.5. The van der Waals surface area contributed by atoms with Crippen LogP contribution in [0.25, 0.3) is 0 Å². The third kappa shape index (κ3) is 4.31. The third-order valence-electron chi connectivity index (χ3n) is 5.34. The van der Waals surface area contributed by atoms with Gasteiger partial charge in [-0.3, -0.25) is 9.80 Å². The van der Waals surface area contributed by atoms with E-state index < -0.39 is 0 Å². The van der Waals surface area contributed by atoms with Gasteiger partial charge in [-0.2, -0.15) is 0 Å². The van der Waals surface area contributed by atoms with Gasteiger partial charge in [-0.05, 0) is 38.9 Å². The number of rotatable bonds is 4. The summed E-state index contributed by atoms with van der Waals surface area (Å²) in [5, 5.41) is 0. The van der Waals surface area contributed by atoms with Crippen LogP contribution in [0.5, 0.6) is 0 Å². The Morgan fingerprint density at radius 1 is 1.00 bits per heavy atom. The average molecular weight is 301 g/mol. The monoisotopic (exact) mass is 301 g/mol. The van der Waals surface area contributed by atoms with E-state index in [1.807, 2.05) is 0 Å². The summed E-state index contributed by atoms with van der Waals surface area (Å²) >= 11 is 0. The second-order valence-electron chi connectivity index (χ2n) is 7.20. The molecular formula is C19H31N3. The van der Waals surface area contributed by atoms with Crippen molar-refractivity contribution in [3.63, 3.8) is 0 Å². The zero-order valence-corrected chi connectivity index (χ0v) is 14.3. The van der Waals surface area contributed by atoms with Gasteiger partial charge in [-0.15, -0.1) is 0 Å². The highest BCUT2D eigenvalue weighted by atomic mass is 15.3. The van der Waals surface area contributed by atoms with Crippen molar-refractivity contribution in [2.45, 2.75) is 38.8 Å². The van der Waals surface area contributed by atoms with Crippen molar-refractivity contribution < 1.29 is 0 Å². The minimum absolute atomic E-state index is 0.789. The minimum atomic E-state index is 0.789. The summed E-state index contributed by atoms with van der Waals surface area (Å²) < 4.78 is 0. The number of piperazine rings is 1. The molecule has 2 heterocycles. The second-order valence-corrected chi connectivity index (χ2v) is 7.20. The summed E-state index contributed by atoms with van der Waals surface area (Å²) in [4.78, 5) is 7.86. The van der Waals surface area contributed by atoms with Crippen LogP contribution in [0.1, 0.15) is 30.4 Å². The molecule has 0 amide bonds. The molecule has 2 aliphatic rings. The van der Waals surface area contributed by atoms with E-state index in [-0.39, 0.29) is 0 Å². The molecule has 0 radical (unpaired) electrons. The van der Waals surface area contributed by atoms with Crippen LogP contribution in [0.2, 0.25) is 0 Å². The number of likely N-dealkylation sites (tertiary alicyclic amines) is 1. The number of likely N-dealkylation sites (N-methyl/N-ethyl adjacent to an activating group) is 1. The van der Waals surface area contributed by atoms with Gasteiger partial charge in [0.25, 0.3) is 0 Å². The summed E-state index contributed by atoms with van der Waals surface area (Å²) in [5.74, 6) is 0. The van der Waals surface area contributed by atoms with E-state index in [4.69, 9.17) is 0 Å². The Morgan fingerprint density at radius 3 is 2.50 bits per heavy atom. The summed E-state index contributed by atoms with van der Waals surface area (Å²) in [6, 6.07) is 9.74. The van der Waals surface area contributed by atoms with E-state index in [1.54, 1.807) is 0 Å². The lowest BCUT2D eigenvalue weighted by Crippen LogP contribution is -2.51. The quantitative estimate of drug-likeness (QED) is 0.846. The van der Waals surface area contributed by atoms with Gasteiger partial charge >= 0.3 is 0 Å². The highest BCUT2D eigenvalue weighted by Crippen LogP contribution is 2.17. The Balaban J connectivity index is 1.44. The summed E-state index contributed by atoms with van der Waals surface area (Å²) in [6.45, 7) is 10.7. The van der Waals surface area contributed by atoms with Crippen molar-refractivity contribution in [1.29, 1.82) is 0 Å². The Morgan fingerprint density at radius 2 is 1.77 bits per heavy atom. The standard InChI is InChI=1S/C19H31N3/c1-17-6-5-7-18(14-17)15-21-10-12-22(13-11-21)16-19-8-3-4-9-20(19)2/h5-7,14,19H,3-4,8-13,15-16H2,1-2H3. The maximum atomic E-state index is 2.68. The number of piperidine rings is 1. The second kappa shape index (κ2) is 7.58. The van der Waals surface area contributed by atoms with E-state index in [0.717, 1.165) is 12.6 Å². The molecule has 1 atom stereocenters. The molecule has 122 valence electrons. The van der Waals surface area contributed by atoms with E-state index in [9.17, 15) is 0 Å². The van der Waals surface area contributed by atoms with Gasteiger partial charge in [-0.25, -0.2) is 0 Å². The number of hydrogen-bond donors (Lipinski definition) is 0. The lowest BCUT2D eigenvalue weighted by molar-refractivity contribution is 0.0818. The van der Waals surface area contributed by atoms with Gasteiger partial charge < -0.3 is 4.90 Å². The lowest BCUT2D eigenvalue weighted by Gasteiger charge is -2.40. The molecule has 3 heteroatoms. The van der Waals surface area contributed by atoms with E-state index in [2.05, 4.69) is 52.9 Å². The summed E-state index contributed by atoms with van der Waals surface area (Å²) in [7, 11) is 2.30. The van der Waals surface area contributed by atoms with Crippen molar-refractivity contribution in [1.82, 2.24) is 14.7 Å². The highest BCUT2D eigenvalue weighted by molar-refractivity contribution is 5.22. The molecular weight excluding hydrogens is 270 g/mol. The first-order chi connectivity index (χ1) is 10.7. The smallest absolute Gasteiger partial charge is 0.0234 e. The Bertz CT molecular complexity index is 466. The fourth-order valence-electron chi connectivity index (χ4n) is 3.87. The molecule has 2 saturated heterocycles. The van der Waals surface area contributed by atoms with Crippen molar-refractivity contribution >= 4 is 0 Å². The number of nitrogens with zero attached hydrogens (tertiary/aromatic N) is 3. The molecule has 0 aromatic heterocycles. The summed E-state index contributed by atoms with van der Waals surface area (Å²) in [5.41, 5.74) is 2.83. The fourth-order valence-corrected chi connectivity index (χ4v) is 3.87. The minimum Gasteiger partial charge on any atom is -0.302 e. The van der Waals surface area contributed by atoms with Crippen LogP contribution in [0, 0.1) is 6.92 Å². The predicted octanol–water partition coefficient (Wildman–Crippen LogP) is 2.60. The highest BCUT2D eigenvalue weighted by Gasteiger charge is 2.24. The zero-order valence-electron chi connectivity index (χ0n) is 14.3. The van der Waals surface area contributed by atoms with Crippen LogP contribution in [0.15, 0.2) is 24.3 Å². The largest absolute Gasteiger partial charge is 0.302 e. The predicted molar refractivity (Wildman–Crippen MR) is 93.2 cm³/mol. The number of hydrogen-bond acceptors (Lipinski definition) is 3. The molecule has 1 unspecified atom stereocenters. The van der Waals surface area contributed by atoms with Gasteiger partial charge in [0.2, 0.25) is 0 Å². The molecule has 0 aliphatic carbocycles. The molecule has 3 rings (SSSR count). The van der Waals surface area contributed by atoms with Crippen LogP contribution < -0.4 is 0 Å². The van der Waals surface area contributed by atoms with Gasteiger partial charge in [0, 0.05) is 45.3 Å². The lowest BCUT2D eigenvalue weighted by atomic mass is 10.0. The van der Waals surface area contributed by atoms with Gasteiger partial charge in [0.05, 0.1) is 0 Å². The van der Waals surface area contributed by atoms with E-state index in [1.165, 1.54) is 69.7 Å². The number of benzene rings is 1. The van der Waals surface area contributed by atoms with Crippen LogP contribution in [0.3, 0.4) is 0 Å². The van der Waals surface area contributed by atoms with Crippen LogP contribution in [-0.4, -0.2) is 67.1 Å². The molecule has 0 N–H and O–H groups in total. The molecule has 0 spiro atoms. The van der Waals surface area contributed by atoms with Crippen molar-refractivity contribution in [2.24, 2.45) is 0 Å². The maximum Gasteiger partial charge on any atom is 0.0234 e. The average Bonchev–Trinajstić information content (AvgIpc) is 2.52. The third-order valence-corrected chi connectivity index (χ3v) is 5.34. The molecule has 0 saturated carbocycles. The van der Waals surface area contributed by atoms with Crippen molar-refractivity contribution in [3.05, 3.63) is 35.4 Å². The first-order valence-electron chi connectivity index (χ1n) is 8.91. The molecule has 3 nitrogen and oxygen atoms in total. The molecule has 0 bridgehead atoms. The number of aryl methyl sites for hydroxylation is 1. The molecule has 22 heavy (non-hydrogen) atoms. The Labute approximate surface area is 135 Å². The molecule has 2 aliphatic heterocycles. The SMILES string of the molecule is Cc1cccc(CN2CCN(CC3CCCCN3C)CC2)c1. The topological polar surface area (TPSA) is 9.72 Å². The van der Waals surface area contributed by atoms with Crippen LogP contribution in [0.4, 0.5) is 0 Å². The Hall–Kier alpha value is -0.900.